The van der Waals surface area contributed by atoms with Gasteiger partial charge in [-0.15, -0.1) is 5.53 Å². The van der Waals surface area contributed by atoms with Gasteiger partial charge in [-0.1, -0.05) is 54.6 Å². The molecule has 0 spiro atoms. The van der Waals surface area contributed by atoms with E-state index in [-0.39, 0.29) is 18.1 Å². The van der Waals surface area contributed by atoms with E-state index in [0.717, 1.165) is 22.5 Å². The number of nitrogens with one attached hydrogen (secondary N) is 4. The lowest BCUT2D eigenvalue weighted by Gasteiger charge is -2.24. The normalized spacial score (nSPS) is 14.8. The second kappa shape index (κ2) is 13.8. The molecule has 2 atom stereocenters. The minimum Gasteiger partial charge on any atom is -0.382 e. The molecule has 0 fully saturated rings. The summed E-state index contributed by atoms with van der Waals surface area (Å²) in [5, 5.41) is 20.3. The smallest absolute Gasteiger partial charge is 0.103 e. The van der Waals surface area contributed by atoms with Gasteiger partial charge in [0, 0.05) is 49.9 Å². The van der Waals surface area contributed by atoms with Crippen LogP contribution < -0.4 is 21.6 Å². The van der Waals surface area contributed by atoms with E-state index >= 15 is 0 Å². The van der Waals surface area contributed by atoms with Crippen molar-refractivity contribution in [3.05, 3.63) is 101 Å². The molecule has 1 aliphatic rings. The first-order chi connectivity index (χ1) is 19.9. The second-order valence-electron chi connectivity index (χ2n) is 9.82. The van der Waals surface area contributed by atoms with Gasteiger partial charge in [0.05, 0.1) is 46.2 Å². The van der Waals surface area contributed by atoms with Crippen LogP contribution in [0.25, 0.3) is 10.9 Å². The molecule has 4 N–H and O–H groups in total. The van der Waals surface area contributed by atoms with E-state index in [2.05, 4.69) is 58.1 Å². The zero-order valence-corrected chi connectivity index (χ0v) is 24.4. The zero-order valence-electron chi connectivity index (χ0n) is 23.6. The summed E-state index contributed by atoms with van der Waals surface area (Å²) in [6, 6.07) is 15.7. The maximum absolute atomic E-state index is 10.00. The van der Waals surface area contributed by atoms with Crippen LogP contribution in [-0.2, 0) is 4.74 Å². The van der Waals surface area contributed by atoms with E-state index in [4.69, 9.17) is 16.3 Å². The first kappa shape index (κ1) is 29.6. The van der Waals surface area contributed by atoms with Crippen molar-refractivity contribution in [2.24, 2.45) is 4.99 Å². The van der Waals surface area contributed by atoms with E-state index in [1.807, 2.05) is 65.8 Å². The highest BCUT2D eigenvalue weighted by atomic mass is 35.5. The highest BCUT2D eigenvalue weighted by Crippen LogP contribution is 2.36. The summed E-state index contributed by atoms with van der Waals surface area (Å²) in [5.74, 6) is 0. The van der Waals surface area contributed by atoms with Crippen LogP contribution in [0.1, 0.15) is 31.0 Å². The number of pyridine rings is 1. The molecule has 0 aliphatic carbocycles. The Morgan fingerprint density at radius 2 is 2.05 bits per heavy atom. The lowest BCUT2D eigenvalue weighted by Crippen LogP contribution is -2.42. The van der Waals surface area contributed by atoms with Gasteiger partial charge in [0.1, 0.15) is 6.07 Å². The molecule has 0 bridgehead atoms. The summed E-state index contributed by atoms with van der Waals surface area (Å²) in [5.41, 5.74) is 11.5. The summed E-state index contributed by atoms with van der Waals surface area (Å²) in [6.07, 6.45) is 9.02. The molecule has 1 unspecified atom stereocenters. The van der Waals surface area contributed by atoms with Gasteiger partial charge in [-0.3, -0.25) is 15.0 Å². The molecule has 41 heavy (non-hydrogen) atoms. The Balaban J connectivity index is 1.78. The molecule has 0 saturated carbocycles. The number of halogens is 1. The van der Waals surface area contributed by atoms with Gasteiger partial charge in [0.2, 0.25) is 0 Å². The van der Waals surface area contributed by atoms with E-state index in [9.17, 15) is 5.26 Å². The number of hydrogen-bond acceptors (Lipinski definition) is 9. The van der Waals surface area contributed by atoms with Crippen molar-refractivity contribution in [2.45, 2.75) is 32.0 Å². The van der Waals surface area contributed by atoms with Crippen molar-refractivity contribution in [1.29, 1.82) is 5.26 Å². The molecule has 2 aromatic carbocycles. The van der Waals surface area contributed by atoms with Gasteiger partial charge >= 0.3 is 0 Å². The summed E-state index contributed by atoms with van der Waals surface area (Å²) < 4.78 is 5.52. The van der Waals surface area contributed by atoms with Crippen LogP contribution in [0.4, 0.5) is 11.4 Å². The molecule has 1 aliphatic heterocycles. The molecule has 0 saturated heterocycles. The molecule has 3 aromatic rings. The predicted molar refractivity (Wildman–Crippen MR) is 168 cm³/mol. The first-order valence-corrected chi connectivity index (χ1v) is 13.6. The monoisotopic (exact) mass is 570 g/mol. The summed E-state index contributed by atoms with van der Waals surface area (Å²) in [6.45, 7) is 8.89. The Morgan fingerprint density at radius 3 is 2.71 bits per heavy atom. The Bertz CT molecular complexity index is 1510. The number of fused-ring (bicyclic) bond motifs is 1. The molecule has 9 nitrogen and oxygen atoms in total. The fraction of sp³-hybridized carbons (Fsp3) is 0.258. The molecule has 212 valence electrons. The van der Waals surface area contributed by atoms with Crippen molar-refractivity contribution >= 4 is 40.1 Å². The number of aromatic nitrogens is 1. The fourth-order valence-corrected chi connectivity index (χ4v) is 4.75. The molecular formula is C31H35ClN8O. The van der Waals surface area contributed by atoms with E-state index < -0.39 is 0 Å². The molecule has 0 amide bonds. The van der Waals surface area contributed by atoms with Crippen molar-refractivity contribution in [1.82, 2.24) is 21.0 Å². The average Bonchev–Trinajstić information content (AvgIpc) is 3.47. The van der Waals surface area contributed by atoms with Gasteiger partial charge < -0.3 is 20.8 Å². The quantitative estimate of drug-likeness (QED) is 0.161. The van der Waals surface area contributed by atoms with Gasteiger partial charge in [-0.25, -0.2) is 0 Å². The maximum atomic E-state index is 10.00. The van der Waals surface area contributed by atoms with Crippen LogP contribution in [-0.4, -0.2) is 49.1 Å². The lowest BCUT2D eigenvalue weighted by molar-refractivity contribution is 0.186. The number of allylic oxidation sites excluding steroid dienone is 1. The van der Waals surface area contributed by atoms with E-state index in [1.165, 1.54) is 0 Å². The zero-order chi connectivity index (χ0) is 29.4. The van der Waals surface area contributed by atoms with Crippen LogP contribution in [0.2, 0.25) is 5.02 Å². The summed E-state index contributed by atoms with van der Waals surface area (Å²) in [4.78, 5) is 8.54. The van der Waals surface area contributed by atoms with Crippen molar-refractivity contribution < 1.29 is 4.74 Å². The van der Waals surface area contributed by atoms with Crippen molar-refractivity contribution in [3.63, 3.8) is 0 Å². The van der Waals surface area contributed by atoms with Crippen LogP contribution in [0.5, 0.6) is 0 Å². The molecule has 1 aromatic heterocycles. The highest BCUT2D eigenvalue weighted by Gasteiger charge is 2.24. The first-order valence-electron chi connectivity index (χ1n) is 13.2. The number of aliphatic imine (C=N–C) groups is 1. The maximum Gasteiger partial charge on any atom is 0.103 e. The van der Waals surface area contributed by atoms with Crippen LogP contribution in [0.15, 0.2) is 89.9 Å². The Morgan fingerprint density at radius 1 is 1.27 bits per heavy atom. The molecule has 4 rings (SSSR count). The van der Waals surface area contributed by atoms with E-state index in [1.54, 1.807) is 26.6 Å². The topological polar surface area (TPSA) is 110 Å². The minimum atomic E-state index is -0.324. The molecule has 10 heteroatoms. The second-order valence-corrected chi connectivity index (χ2v) is 10.2. The SMILES string of the molecule is C=C(/C=C\C=NC)[C@H](Nc1cc(Cl)c2ncc(C#N)c(NC(COC)c3ccccc3)c2c1)C1=CN(C(C)C)NN1. The number of nitrogens with zero attached hydrogens (tertiary/aromatic N) is 4. The number of anilines is 2. The van der Waals surface area contributed by atoms with Gasteiger partial charge in [0.15, 0.2) is 0 Å². The Labute approximate surface area is 246 Å². The lowest BCUT2D eigenvalue weighted by atomic mass is 10.0. The molecule has 0 radical (unpaired) electrons. The van der Waals surface area contributed by atoms with Gasteiger partial charge in [0.25, 0.3) is 0 Å². The number of nitriles is 1. The van der Waals surface area contributed by atoms with Crippen molar-refractivity contribution in [3.8, 4) is 6.07 Å². The van der Waals surface area contributed by atoms with Crippen LogP contribution in [0, 0.1) is 11.3 Å². The number of methoxy groups -OCH3 is 1. The largest absolute Gasteiger partial charge is 0.382 e. The number of rotatable bonds is 12. The molecular weight excluding hydrogens is 536 g/mol. The number of benzene rings is 2. The van der Waals surface area contributed by atoms with Gasteiger partial charge in [-0.05, 0) is 43.2 Å². The summed E-state index contributed by atoms with van der Waals surface area (Å²) >= 11 is 6.79. The van der Waals surface area contributed by atoms with Gasteiger partial charge in [-0.2, -0.15) is 5.26 Å². The molecule has 2 heterocycles. The predicted octanol–water partition coefficient (Wildman–Crippen LogP) is 5.73. The van der Waals surface area contributed by atoms with Crippen LogP contribution in [0.3, 0.4) is 0 Å². The number of hydrogen-bond donors (Lipinski definition) is 4. The standard InChI is InChI=1S/C31H35ClN8O/c1-20(2)40-18-27(38-39-40)29(21(3)10-9-13-34-4)36-24-14-25-30(23(16-33)17-35-31(25)26(32)15-24)37-28(19-41-5)22-11-7-6-8-12-22/h6-15,17-18,20,28-29,36,38-39H,3,19H2,1-2,4-5H3,(H,35,37)/b10-9-,34-13?/t28?,29-/m0/s1. The van der Waals surface area contributed by atoms with Crippen LogP contribution >= 0.6 is 11.6 Å². The summed E-state index contributed by atoms with van der Waals surface area (Å²) in [7, 11) is 3.37. The number of ether oxygens (including phenoxy) is 1. The minimum absolute atomic E-state index is 0.201. The van der Waals surface area contributed by atoms with Crippen molar-refractivity contribution in [2.75, 3.05) is 31.4 Å². The Kier molecular flexibility index (Phi) is 9.98. The fourth-order valence-electron chi connectivity index (χ4n) is 4.48. The third-order valence-corrected chi connectivity index (χ3v) is 6.89. The van der Waals surface area contributed by atoms with E-state index in [0.29, 0.717) is 33.8 Å². The third-order valence-electron chi connectivity index (χ3n) is 6.60. The average molecular weight is 571 g/mol. The Hall–Kier alpha value is -4.36. The number of hydrazine groups is 2. The third kappa shape index (κ3) is 7.05. The highest BCUT2D eigenvalue weighted by molar-refractivity contribution is 6.35.